The van der Waals surface area contributed by atoms with Crippen LogP contribution in [0.1, 0.15) is 18.5 Å². The molecule has 0 aliphatic heterocycles. The molecular weight excluding hydrogens is 382 g/mol. The number of carbonyl (C=O) groups is 1. The minimum atomic E-state index is -0.416. The lowest BCUT2D eigenvalue weighted by Crippen LogP contribution is -2.32. The Morgan fingerprint density at radius 1 is 1.25 bits per heavy atom. The Hall–Kier alpha value is -3.13. The fourth-order valence-electron chi connectivity index (χ4n) is 2.94. The first kappa shape index (κ1) is 19.6. The molecule has 0 unspecified atom stereocenters. The van der Waals surface area contributed by atoms with E-state index < -0.39 is 11.6 Å². The van der Waals surface area contributed by atoms with Gasteiger partial charge < -0.3 is 15.4 Å². The molecular formula is C19H20ClN5O3. The minimum Gasteiger partial charge on any atom is -0.496 e. The molecule has 2 N–H and O–H groups in total. The highest BCUT2D eigenvalue weighted by atomic mass is 35.5. The number of benzene rings is 1. The van der Waals surface area contributed by atoms with Crippen LogP contribution < -0.4 is 20.9 Å². The summed E-state index contributed by atoms with van der Waals surface area (Å²) in [6.45, 7) is 1.79. The summed E-state index contributed by atoms with van der Waals surface area (Å²) in [5, 5.41) is 5.54. The molecule has 0 saturated heterocycles. The number of nitrogens with zero attached hydrogens (tertiary/aromatic N) is 3. The molecule has 3 aromatic rings. The van der Waals surface area contributed by atoms with Gasteiger partial charge in [0.25, 0.3) is 5.56 Å². The van der Waals surface area contributed by atoms with Crippen molar-refractivity contribution in [2.45, 2.75) is 13.0 Å². The highest BCUT2D eigenvalue weighted by Gasteiger charge is 2.21. The van der Waals surface area contributed by atoms with Crippen molar-refractivity contribution in [1.82, 2.24) is 19.9 Å². The van der Waals surface area contributed by atoms with Crippen LogP contribution in [-0.2, 0) is 4.79 Å². The highest BCUT2D eigenvalue weighted by Crippen LogP contribution is 2.28. The monoisotopic (exact) mass is 401 g/mol. The second kappa shape index (κ2) is 8.26. The first-order valence-electron chi connectivity index (χ1n) is 8.62. The second-order valence-corrected chi connectivity index (χ2v) is 6.44. The number of anilines is 1. The number of pyridine rings is 1. The zero-order valence-electron chi connectivity index (χ0n) is 15.7. The van der Waals surface area contributed by atoms with Gasteiger partial charge in [-0.25, -0.2) is 9.97 Å². The van der Waals surface area contributed by atoms with Gasteiger partial charge in [-0.15, -0.1) is 0 Å². The number of amides is 1. The van der Waals surface area contributed by atoms with Crippen LogP contribution in [0, 0.1) is 0 Å². The zero-order chi connectivity index (χ0) is 20.3. The average molecular weight is 402 g/mol. The molecule has 28 heavy (non-hydrogen) atoms. The van der Waals surface area contributed by atoms with Crippen LogP contribution in [-0.4, -0.2) is 41.1 Å². The molecule has 9 heteroatoms. The Kier molecular flexibility index (Phi) is 5.79. The maximum atomic E-state index is 13.2. The van der Waals surface area contributed by atoms with Crippen molar-refractivity contribution < 1.29 is 9.53 Å². The highest BCUT2D eigenvalue weighted by molar-refractivity contribution is 6.29. The number of methoxy groups -OCH3 is 1. The van der Waals surface area contributed by atoms with Crippen molar-refractivity contribution in [3.63, 3.8) is 0 Å². The molecule has 8 nitrogen and oxygen atoms in total. The van der Waals surface area contributed by atoms with Gasteiger partial charge >= 0.3 is 0 Å². The van der Waals surface area contributed by atoms with E-state index in [1.165, 1.54) is 11.6 Å². The van der Waals surface area contributed by atoms with Crippen LogP contribution in [0.2, 0.25) is 5.15 Å². The summed E-state index contributed by atoms with van der Waals surface area (Å²) >= 11 is 6.07. The van der Waals surface area contributed by atoms with Crippen molar-refractivity contribution in [2.24, 2.45) is 0 Å². The second-order valence-electron chi connectivity index (χ2n) is 6.06. The van der Waals surface area contributed by atoms with Crippen molar-refractivity contribution in [1.29, 1.82) is 0 Å². The third-order valence-electron chi connectivity index (χ3n) is 4.37. The van der Waals surface area contributed by atoms with Crippen LogP contribution in [0.3, 0.4) is 0 Å². The summed E-state index contributed by atoms with van der Waals surface area (Å²) < 4.78 is 6.94. The van der Waals surface area contributed by atoms with Crippen molar-refractivity contribution in [2.75, 3.05) is 26.0 Å². The smallest absolute Gasteiger partial charge is 0.295 e. The summed E-state index contributed by atoms with van der Waals surface area (Å²) in [7, 11) is 3.09. The Labute approximate surface area is 166 Å². The first-order valence-corrected chi connectivity index (χ1v) is 9.00. The Morgan fingerprint density at radius 3 is 2.71 bits per heavy atom. The molecule has 2 heterocycles. The number of ether oxygens (including phenoxy) is 1. The van der Waals surface area contributed by atoms with Crippen LogP contribution in [0.15, 0.2) is 41.2 Å². The summed E-state index contributed by atoms with van der Waals surface area (Å²) in [6.07, 6.45) is 0. The largest absolute Gasteiger partial charge is 0.496 e. The maximum absolute atomic E-state index is 13.2. The van der Waals surface area contributed by atoms with Gasteiger partial charge in [-0.3, -0.25) is 14.2 Å². The molecule has 0 spiro atoms. The summed E-state index contributed by atoms with van der Waals surface area (Å²) in [5.74, 6) is 0.440. The van der Waals surface area contributed by atoms with Crippen LogP contribution in [0.4, 0.5) is 5.82 Å². The van der Waals surface area contributed by atoms with Gasteiger partial charge in [-0.05, 0) is 25.1 Å². The lowest BCUT2D eigenvalue weighted by Gasteiger charge is -2.20. The van der Waals surface area contributed by atoms with E-state index in [1.807, 2.05) is 31.2 Å². The van der Waals surface area contributed by atoms with E-state index in [1.54, 1.807) is 19.2 Å². The quantitative estimate of drug-likeness (QED) is 0.614. The third-order valence-corrected chi connectivity index (χ3v) is 4.58. The predicted octanol–water partition coefficient (Wildman–Crippen LogP) is 2.22. The Bertz CT molecular complexity index is 1080. The number of carbonyl (C=O) groups excluding carboxylic acids is 1. The topological polar surface area (TPSA) is 98.1 Å². The van der Waals surface area contributed by atoms with Gasteiger partial charge in [0.2, 0.25) is 5.91 Å². The molecule has 0 bridgehead atoms. The molecule has 0 fully saturated rings. The molecule has 0 radical (unpaired) electrons. The van der Waals surface area contributed by atoms with Gasteiger partial charge in [0.1, 0.15) is 16.4 Å². The summed E-state index contributed by atoms with van der Waals surface area (Å²) in [6, 6.07) is 10.3. The SMILES string of the molecule is CNC(=O)CNc1nc2ccc(Cl)nc2n([C@@H](C)c2ccccc2OC)c1=O. The zero-order valence-corrected chi connectivity index (χ0v) is 16.4. The van der Waals surface area contributed by atoms with E-state index in [2.05, 4.69) is 20.6 Å². The van der Waals surface area contributed by atoms with Gasteiger partial charge in [-0.2, -0.15) is 0 Å². The van der Waals surface area contributed by atoms with Gasteiger partial charge in [0.05, 0.1) is 19.7 Å². The minimum absolute atomic E-state index is 0.0574. The van der Waals surface area contributed by atoms with Crippen LogP contribution >= 0.6 is 11.6 Å². The number of likely N-dealkylation sites (N-methyl/N-ethyl adjacent to an activating group) is 1. The molecule has 0 aliphatic rings. The molecule has 1 atom stereocenters. The number of fused-ring (bicyclic) bond motifs is 1. The fraction of sp³-hybridized carbons (Fsp3) is 0.263. The molecule has 0 saturated carbocycles. The van der Waals surface area contributed by atoms with E-state index >= 15 is 0 Å². The summed E-state index contributed by atoms with van der Waals surface area (Å²) in [5.41, 5.74) is 1.22. The average Bonchev–Trinajstić information content (AvgIpc) is 2.71. The third kappa shape index (κ3) is 3.77. The van der Waals surface area contributed by atoms with Crippen molar-refractivity contribution in [3.8, 4) is 5.75 Å². The number of para-hydroxylation sites is 1. The van der Waals surface area contributed by atoms with Gasteiger partial charge in [0, 0.05) is 12.6 Å². The van der Waals surface area contributed by atoms with E-state index in [0.29, 0.717) is 16.9 Å². The molecule has 146 valence electrons. The summed E-state index contributed by atoms with van der Waals surface area (Å²) in [4.78, 5) is 33.4. The van der Waals surface area contributed by atoms with Gasteiger partial charge in [0.15, 0.2) is 11.5 Å². The Morgan fingerprint density at radius 2 is 2.00 bits per heavy atom. The predicted molar refractivity (Wildman–Crippen MR) is 108 cm³/mol. The number of nitrogens with one attached hydrogen (secondary N) is 2. The standard InChI is InChI=1S/C19H20ClN5O3/c1-11(12-6-4-5-7-14(12)28-3)25-18-13(8-9-15(20)24-18)23-17(19(25)27)22-10-16(26)21-2/h4-9,11H,10H2,1-3H3,(H,21,26)(H,22,23)/t11-/m0/s1. The number of hydrogen-bond acceptors (Lipinski definition) is 6. The van der Waals surface area contributed by atoms with Gasteiger partial charge in [-0.1, -0.05) is 29.8 Å². The normalized spacial score (nSPS) is 11.9. The van der Waals surface area contributed by atoms with Crippen molar-refractivity contribution in [3.05, 3.63) is 57.5 Å². The molecule has 1 aromatic carbocycles. The number of halogens is 1. The van der Waals surface area contributed by atoms with E-state index in [-0.39, 0.29) is 23.4 Å². The molecule has 2 aromatic heterocycles. The first-order chi connectivity index (χ1) is 13.5. The number of hydrogen-bond donors (Lipinski definition) is 2. The van der Waals surface area contributed by atoms with E-state index in [9.17, 15) is 9.59 Å². The van der Waals surface area contributed by atoms with Crippen LogP contribution in [0.25, 0.3) is 11.2 Å². The molecule has 3 rings (SSSR count). The van der Waals surface area contributed by atoms with Crippen molar-refractivity contribution >= 4 is 34.5 Å². The lowest BCUT2D eigenvalue weighted by atomic mass is 10.1. The molecule has 0 aliphatic carbocycles. The Balaban J connectivity index is 2.21. The van der Waals surface area contributed by atoms with Crippen LogP contribution in [0.5, 0.6) is 5.75 Å². The number of aromatic nitrogens is 3. The fourth-order valence-corrected chi connectivity index (χ4v) is 3.08. The van der Waals surface area contributed by atoms with E-state index in [4.69, 9.17) is 16.3 Å². The lowest BCUT2D eigenvalue weighted by molar-refractivity contribution is -0.118. The van der Waals surface area contributed by atoms with E-state index in [0.717, 1.165) is 5.56 Å². The molecule has 1 amide bonds. The maximum Gasteiger partial charge on any atom is 0.295 e. The number of rotatable bonds is 6.